The summed E-state index contributed by atoms with van der Waals surface area (Å²) < 4.78 is 0. The zero-order valence-corrected chi connectivity index (χ0v) is 14.5. The molecule has 2 heterocycles. The first kappa shape index (κ1) is 17.5. The van der Waals surface area contributed by atoms with Crippen LogP contribution in [0.5, 0.6) is 0 Å². The summed E-state index contributed by atoms with van der Waals surface area (Å²) in [6.07, 6.45) is 1.57. The summed E-state index contributed by atoms with van der Waals surface area (Å²) in [4.78, 5) is 27.5. The van der Waals surface area contributed by atoms with Crippen molar-refractivity contribution in [3.8, 4) is 0 Å². The highest BCUT2D eigenvalue weighted by Crippen LogP contribution is 2.29. The first-order chi connectivity index (χ1) is 12.5. The van der Waals surface area contributed by atoms with Gasteiger partial charge >= 0.3 is 0 Å². The van der Waals surface area contributed by atoms with Crippen LogP contribution in [0.15, 0.2) is 59.9 Å². The van der Waals surface area contributed by atoms with E-state index in [1.165, 1.54) is 12.1 Å². The fraction of sp³-hybridized carbons (Fsp3) is 0.118. The third-order valence-electron chi connectivity index (χ3n) is 3.83. The number of thiocarbonyl (C=S) groups is 1. The number of nitro benzene ring substituents is 1. The van der Waals surface area contributed by atoms with E-state index >= 15 is 0 Å². The van der Waals surface area contributed by atoms with Crippen molar-refractivity contribution >= 4 is 34.7 Å². The van der Waals surface area contributed by atoms with Crippen LogP contribution in [0.4, 0.5) is 11.5 Å². The number of hydrogen-bond acceptors (Lipinski definition) is 5. The van der Waals surface area contributed by atoms with Gasteiger partial charge in [0.2, 0.25) is 0 Å². The van der Waals surface area contributed by atoms with Crippen molar-refractivity contribution in [1.82, 2.24) is 15.6 Å². The number of amides is 1. The molecular formula is C17H15N5O3S. The zero-order chi connectivity index (χ0) is 18.7. The Kier molecular flexibility index (Phi) is 4.90. The minimum atomic E-state index is -0.618. The molecule has 0 saturated carbocycles. The molecule has 1 aliphatic heterocycles. The lowest BCUT2D eigenvalue weighted by Gasteiger charge is -2.30. The van der Waals surface area contributed by atoms with E-state index in [4.69, 9.17) is 12.2 Å². The number of nitrogens with one attached hydrogen (secondary N) is 3. The number of allylic oxidation sites excluding steroid dienone is 1. The Bertz CT molecular complexity index is 914. The summed E-state index contributed by atoms with van der Waals surface area (Å²) in [6, 6.07) is 10.7. The predicted octanol–water partition coefficient (Wildman–Crippen LogP) is 2.42. The molecule has 9 heteroatoms. The van der Waals surface area contributed by atoms with Crippen LogP contribution in [-0.4, -0.2) is 20.9 Å². The third kappa shape index (κ3) is 3.67. The van der Waals surface area contributed by atoms with Gasteiger partial charge in [0.1, 0.15) is 5.82 Å². The van der Waals surface area contributed by atoms with Crippen LogP contribution < -0.4 is 16.0 Å². The van der Waals surface area contributed by atoms with Gasteiger partial charge in [0.25, 0.3) is 11.6 Å². The van der Waals surface area contributed by atoms with Gasteiger partial charge in [-0.15, -0.1) is 0 Å². The summed E-state index contributed by atoms with van der Waals surface area (Å²) in [7, 11) is 0. The third-order valence-corrected chi connectivity index (χ3v) is 4.05. The second-order valence-electron chi connectivity index (χ2n) is 5.59. The molecule has 1 aliphatic rings. The maximum Gasteiger partial charge on any atom is 0.269 e. The lowest BCUT2D eigenvalue weighted by atomic mass is 9.94. The highest BCUT2D eigenvalue weighted by atomic mass is 32.1. The van der Waals surface area contributed by atoms with Crippen LogP contribution >= 0.6 is 12.2 Å². The van der Waals surface area contributed by atoms with Crippen LogP contribution in [0.1, 0.15) is 18.5 Å². The summed E-state index contributed by atoms with van der Waals surface area (Å²) in [5, 5.41) is 20.1. The zero-order valence-electron chi connectivity index (χ0n) is 13.7. The van der Waals surface area contributed by atoms with Crippen molar-refractivity contribution in [2.75, 3.05) is 5.32 Å². The summed E-state index contributed by atoms with van der Waals surface area (Å²) in [5.41, 5.74) is 1.45. The number of nitrogens with zero attached hydrogens (tertiary/aromatic N) is 2. The molecule has 0 bridgehead atoms. The van der Waals surface area contributed by atoms with Crippen molar-refractivity contribution in [2.45, 2.75) is 13.0 Å². The Morgan fingerprint density at radius 2 is 2.12 bits per heavy atom. The maximum absolute atomic E-state index is 12.8. The normalized spacial score (nSPS) is 16.5. The number of carbonyl (C=O) groups is 1. The fourth-order valence-electron chi connectivity index (χ4n) is 2.68. The smallest absolute Gasteiger partial charge is 0.269 e. The molecular weight excluding hydrogens is 354 g/mol. The highest BCUT2D eigenvalue weighted by molar-refractivity contribution is 7.80. The monoisotopic (exact) mass is 369 g/mol. The second-order valence-corrected chi connectivity index (χ2v) is 6.00. The summed E-state index contributed by atoms with van der Waals surface area (Å²) in [5.74, 6) is 0.0314. The number of rotatable bonds is 4. The van der Waals surface area contributed by atoms with Gasteiger partial charge < -0.3 is 16.0 Å². The van der Waals surface area contributed by atoms with E-state index in [0.29, 0.717) is 27.8 Å². The van der Waals surface area contributed by atoms with E-state index in [1.54, 1.807) is 43.5 Å². The summed E-state index contributed by atoms with van der Waals surface area (Å²) in [6.45, 7) is 1.73. The number of anilines is 1. The number of non-ortho nitro benzene ring substituents is 1. The molecule has 1 aromatic carbocycles. The minimum absolute atomic E-state index is 0.0594. The second kappa shape index (κ2) is 7.28. The van der Waals surface area contributed by atoms with E-state index in [1.807, 2.05) is 0 Å². The van der Waals surface area contributed by atoms with E-state index in [9.17, 15) is 14.9 Å². The molecule has 1 atom stereocenters. The minimum Gasteiger partial charge on any atom is -0.351 e. The van der Waals surface area contributed by atoms with Crippen LogP contribution in [0.3, 0.4) is 0 Å². The molecule has 0 spiro atoms. The van der Waals surface area contributed by atoms with Gasteiger partial charge in [0.15, 0.2) is 5.11 Å². The standard InChI is InChI=1S/C17H15N5O3S/c1-10-14(16(23)20-13-7-2-3-8-18-13)15(21-17(26)19-10)11-5-4-6-12(9-11)22(24)25/h2-9,15H,1H3,(H,18,20,23)(H2,19,21,26). The predicted molar refractivity (Wildman–Crippen MR) is 100 cm³/mol. The molecule has 1 unspecified atom stereocenters. The lowest BCUT2D eigenvalue weighted by molar-refractivity contribution is -0.384. The Morgan fingerprint density at radius 1 is 1.31 bits per heavy atom. The number of benzene rings is 1. The van der Waals surface area contributed by atoms with E-state index in [0.717, 1.165) is 0 Å². The first-order valence-electron chi connectivity index (χ1n) is 7.70. The molecule has 26 heavy (non-hydrogen) atoms. The van der Waals surface area contributed by atoms with Gasteiger partial charge in [-0.1, -0.05) is 18.2 Å². The van der Waals surface area contributed by atoms with Crippen molar-refractivity contribution in [1.29, 1.82) is 0 Å². The quantitative estimate of drug-likeness (QED) is 0.431. The number of pyridine rings is 1. The number of nitro groups is 1. The average molecular weight is 369 g/mol. The van der Waals surface area contributed by atoms with Gasteiger partial charge in [-0.2, -0.15) is 0 Å². The van der Waals surface area contributed by atoms with E-state index in [2.05, 4.69) is 20.9 Å². The Morgan fingerprint density at radius 3 is 2.81 bits per heavy atom. The van der Waals surface area contributed by atoms with Gasteiger partial charge in [0, 0.05) is 24.0 Å². The van der Waals surface area contributed by atoms with Gasteiger partial charge in [-0.25, -0.2) is 4.98 Å². The maximum atomic E-state index is 12.8. The van der Waals surface area contributed by atoms with Crippen LogP contribution in [0, 0.1) is 10.1 Å². The fourth-order valence-corrected chi connectivity index (χ4v) is 2.95. The molecule has 0 saturated heterocycles. The molecule has 1 aromatic heterocycles. The molecule has 3 rings (SSSR count). The highest BCUT2D eigenvalue weighted by Gasteiger charge is 2.30. The number of carbonyl (C=O) groups excluding carboxylic acids is 1. The molecule has 8 nitrogen and oxygen atoms in total. The Labute approximate surface area is 154 Å². The van der Waals surface area contributed by atoms with Crippen molar-refractivity contribution in [3.05, 3.63) is 75.6 Å². The van der Waals surface area contributed by atoms with Crippen molar-refractivity contribution < 1.29 is 9.72 Å². The van der Waals surface area contributed by atoms with Gasteiger partial charge in [0.05, 0.1) is 16.5 Å². The molecule has 3 N–H and O–H groups in total. The topological polar surface area (TPSA) is 109 Å². The largest absolute Gasteiger partial charge is 0.351 e. The average Bonchev–Trinajstić information content (AvgIpc) is 2.61. The lowest BCUT2D eigenvalue weighted by Crippen LogP contribution is -2.45. The van der Waals surface area contributed by atoms with E-state index < -0.39 is 11.0 Å². The Hall–Kier alpha value is -3.33. The molecule has 0 fully saturated rings. The van der Waals surface area contributed by atoms with Crippen LogP contribution in [0.2, 0.25) is 0 Å². The number of hydrogen-bond donors (Lipinski definition) is 3. The summed E-state index contributed by atoms with van der Waals surface area (Å²) >= 11 is 5.18. The number of aromatic nitrogens is 1. The van der Waals surface area contributed by atoms with Gasteiger partial charge in [-0.05, 0) is 36.8 Å². The van der Waals surface area contributed by atoms with Crippen LogP contribution in [0.25, 0.3) is 0 Å². The molecule has 2 aromatic rings. The molecule has 0 radical (unpaired) electrons. The van der Waals surface area contributed by atoms with E-state index in [-0.39, 0.29) is 11.6 Å². The SMILES string of the molecule is CC1=C(C(=O)Nc2ccccn2)C(c2cccc([N+](=O)[O-])c2)NC(=S)N1. The molecule has 1 amide bonds. The first-order valence-corrected chi connectivity index (χ1v) is 8.11. The Balaban J connectivity index is 1.98. The van der Waals surface area contributed by atoms with Crippen molar-refractivity contribution in [3.63, 3.8) is 0 Å². The van der Waals surface area contributed by atoms with Crippen molar-refractivity contribution in [2.24, 2.45) is 0 Å². The van der Waals surface area contributed by atoms with Gasteiger partial charge in [-0.3, -0.25) is 14.9 Å². The molecule has 132 valence electrons. The van der Waals surface area contributed by atoms with Crippen LogP contribution in [-0.2, 0) is 4.79 Å². The molecule has 0 aliphatic carbocycles.